The average Bonchev–Trinajstić information content (AvgIpc) is 2.08. The van der Waals surface area contributed by atoms with Gasteiger partial charge in [0.2, 0.25) is 0 Å². The maximum absolute atomic E-state index is 12.6. The molecular weight excluding hydrogens is 251 g/mol. The van der Waals surface area contributed by atoms with E-state index in [4.69, 9.17) is 5.11 Å². The molecule has 0 aromatic heterocycles. The number of carboxylic acids is 1. The molecule has 0 aliphatic heterocycles. The van der Waals surface area contributed by atoms with E-state index in [1.54, 1.807) is 0 Å². The summed E-state index contributed by atoms with van der Waals surface area (Å²) in [6, 6.07) is 4.05. The van der Waals surface area contributed by atoms with Crippen LogP contribution in [0.2, 0.25) is 0 Å². The second-order valence-electron chi connectivity index (χ2n) is 2.50. The predicted octanol–water partition coefficient (Wildman–Crippen LogP) is 2.41. The Kier molecular flexibility index (Phi) is 3.66. The lowest BCUT2D eigenvalue weighted by Crippen LogP contribution is -1.90. The Balaban J connectivity index is 2.85. The van der Waals surface area contributed by atoms with Gasteiger partial charge in [-0.15, -0.1) is 0 Å². The Morgan fingerprint density at radius 1 is 1.57 bits per heavy atom. The molecule has 1 aromatic carbocycles. The Bertz CT molecular complexity index is 418. The van der Waals surface area contributed by atoms with Gasteiger partial charge in [0.15, 0.2) is 0 Å². The Hall–Kier alpha value is -1.34. The minimum Gasteiger partial charge on any atom is -0.481 e. The van der Waals surface area contributed by atoms with Crippen molar-refractivity contribution < 1.29 is 14.3 Å². The molecule has 0 heterocycles. The number of hydrogen-bond donors (Lipinski definition) is 1. The smallest absolute Gasteiger partial charge is 0.315 e. The molecule has 1 N–H and O–H groups in total. The van der Waals surface area contributed by atoms with Crippen molar-refractivity contribution in [3.05, 3.63) is 34.1 Å². The molecule has 1 aromatic rings. The topological polar surface area (TPSA) is 37.3 Å². The lowest BCUT2D eigenvalue weighted by Gasteiger charge is -1.94. The van der Waals surface area contributed by atoms with Crippen LogP contribution >= 0.6 is 15.9 Å². The largest absolute Gasteiger partial charge is 0.481 e. The van der Waals surface area contributed by atoms with Gasteiger partial charge in [0.1, 0.15) is 12.2 Å². The van der Waals surface area contributed by atoms with Crippen molar-refractivity contribution in [2.75, 3.05) is 0 Å². The maximum Gasteiger partial charge on any atom is 0.315 e. The van der Waals surface area contributed by atoms with E-state index in [0.29, 0.717) is 10.0 Å². The van der Waals surface area contributed by atoms with Gasteiger partial charge in [0, 0.05) is 10.0 Å². The van der Waals surface area contributed by atoms with Crippen LogP contribution < -0.4 is 0 Å². The fourth-order valence-electron chi connectivity index (χ4n) is 0.806. The molecule has 0 aliphatic carbocycles. The quantitative estimate of drug-likeness (QED) is 0.784. The summed E-state index contributed by atoms with van der Waals surface area (Å²) in [6.07, 6.45) is -0.218. The Morgan fingerprint density at radius 2 is 2.29 bits per heavy atom. The summed E-state index contributed by atoms with van der Waals surface area (Å²) in [5, 5.41) is 8.33. The number of aliphatic carboxylic acids is 1. The van der Waals surface area contributed by atoms with E-state index in [-0.39, 0.29) is 12.2 Å². The minimum atomic E-state index is -0.976. The maximum atomic E-state index is 12.6. The molecule has 0 amide bonds. The van der Waals surface area contributed by atoms with Gasteiger partial charge in [-0.05, 0) is 34.1 Å². The van der Waals surface area contributed by atoms with Gasteiger partial charge >= 0.3 is 5.97 Å². The van der Waals surface area contributed by atoms with Crippen molar-refractivity contribution in [3.63, 3.8) is 0 Å². The fourth-order valence-corrected chi connectivity index (χ4v) is 1.26. The number of halogens is 2. The van der Waals surface area contributed by atoms with Crippen molar-refractivity contribution >= 4 is 21.9 Å². The molecule has 4 heteroatoms. The number of rotatable bonds is 1. The van der Waals surface area contributed by atoms with E-state index in [1.165, 1.54) is 18.2 Å². The molecule has 0 unspecified atom stereocenters. The predicted molar refractivity (Wildman–Crippen MR) is 53.2 cm³/mol. The molecule has 0 radical (unpaired) electrons. The number of carbonyl (C=O) groups is 1. The fraction of sp³-hybridized carbons (Fsp3) is 0.100. The monoisotopic (exact) mass is 256 g/mol. The summed E-state index contributed by atoms with van der Waals surface area (Å²) < 4.78 is 13.1. The van der Waals surface area contributed by atoms with Crippen LogP contribution in [0.1, 0.15) is 12.0 Å². The van der Waals surface area contributed by atoms with Crippen molar-refractivity contribution in [2.45, 2.75) is 6.42 Å². The first-order chi connectivity index (χ1) is 6.59. The van der Waals surface area contributed by atoms with Gasteiger partial charge in [-0.1, -0.05) is 11.8 Å². The van der Waals surface area contributed by atoms with E-state index in [9.17, 15) is 9.18 Å². The van der Waals surface area contributed by atoms with Gasteiger partial charge in [0.05, 0.1) is 0 Å². The molecule has 0 fully saturated rings. The van der Waals surface area contributed by atoms with Gasteiger partial charge < -0.3 is 5.11 Å². The van der Waals surface area contributed by atoms with Crippen LogP contribution in [-0.2, 0) is 4.79 Å². The SMILES string of the molecule is O=C(O)CC#Cc1ccc(F)cc1Br. The summed E-state index contributed by atoms with van der Waals surface area (Å²) in [5.74, 6) is 3.75. The van der Waals surface area contributed by atoms with Crippen molar-refractivity contribution in [1.82, 2.24) is 0 Å². The third kappa shape index (κ3) is 3.19. The second kappa shape index (κ2) is 4.77. The highest BCUT2D eigenvalue weighted by molar-refractivity contribution is 9.10. The molecule has 72 valence electrons. The molecule has 1 rings (SSSR count). The first-order valence-corrected chi connectivity index (χ1v) is 4.54. The van der Waals surface area contributed by atoms with Gasteiger partial charge in [-0.3, -0.25) is 4.79 Å². The number of carboxylic acid groups (broad SMARTS) is 1. The molecule has 0 saturated heterocycles. The van der Waals surface area contributed by atoms with Crippen LogP contribution in [0.15, 0.2) is 22.7 Å². The summed E-state index contributed by atoms with van der Waals surface area (Å²) in [7, 11) is 0. The summed E-state index contributed by atoms with van der Waals surface area (Å²) in [4.78, 5) is 10.2. The van der Waals surface area contributed by atoms with Crippen molar-refractivity contribution in [3.8, 4) is 11.8 Å². The molecule has 0 saturated carbocycles. The number of hydrogen-bond acceptors (Lipinski definition) is 1. The molecule has 0 bridgehead atoms. The zero-order valence-electron chi connectivity index (χ0n) is 7.05. The van der Waals surface area contributed by atoms with Gasteiger partial charge in [-0.25, -0.2) is 4.39 Å². The highest BCUT2D eigenvalue weighted by Crippen LogP contribution is 2.16. The molecule has 0 atom stereocenters. The molecule has 2 nitrogen and oxygen atoms in total. The first-order valence-electron chi connectivity index (χ1n) is 3.75. The van der Waals surface area contributed by atoms with Crippen LogP contribution in [0.25, 0.3) is 0 Å². The van der Waals surface area contributed by atoms with Crippen molar-refractivity contribution in [1.29, 1.82) is 0 Å². The zero-order chi connectivity index (χ0) is 10.6. The number of benzene rings is 1. The van der Waals surface area contributed by atoms with Gasteiger partial charge in [0.25, 0.3) is 0 Å². The highest BCUT2D eigenvalue weighted by atomic mass is 79.9. The Labute approximate surface area is 88.9 Å². The first kappa shape index (κ1) is 10.7. The summed E-state index contributed by atoms with van der Waals surface area (Å²) in [6.45, 7) is 0. The Morgan fingerprint density at radius 3 is 2.86 bits per heavy atom. The standard InChI is InChI=1S/C10H6BrFO2/c11-9-6-8(12)5-4-7(9)2-1-3-10(13)14/h4-6H,3H2,(H,13,14). The summed E-state index contributed by atoms with van der Waals surface area (Å²) >= 11 is 3.12. The van der Waals surface area contributed by atoms with Crippen LogP contribution in [0.4, 0.5) is 4.39 Å². The molecule has 14 heavy (non-hydrogen) atoms. The summed E-state index contributed by atoms with van der Waals surface area (Å²) in [5.41, 5.74) is 0.577. The lowest BCUT2D eigenvalue weighted by atomic mass is 10.2. The van der Waals surface area contributed by atoms with Crippen LogP contribution in [0.5, 0.6) is 0 Å². The van der Waals surface area contributed by atoms with Crippen LogP contribution in [0.3, 0.4) is 0 Å². The third-order valence-electron chi connectivity index (χ3n) is 1.39. The lowest BCUT2D eigenvalue weighted by molar-refractivity contribution is -0.135. The van der Waals surface area contributed by atoms with Gasteiger partial charge in [-0.2, -0.15) is 0 Å². The highest BCUT2D eigenvalue weighted by Gasteiger charge is 1.97. The van der Waals surface area contributed by atoms with E-state index in [2.05, 4.69) is 27.8 Å². The molecule has 0 aliphatic rings. The normalized spacial score (nSPS) is 9.00. The molecular formula is C10H6BrFO2. The van der Waals surface area contributed by atoms with E-state index < -0.39 is 5.97 Å². The van der Waals surface area contributed by atoms with E-state index in [1.807, 2.05) is 0 Å². The average molecular weight is 257 g/mol. The zero-order valence-corrected chi connectivity index (χ0v) is 8.64. The second-order valence-corrected chi connectivity index (χ2v) is 3.35. The minimum absolute atomic E-state index is 0.218. The van der Waals surface area contributed by atoms with Crippen LogP contribution in [-0.4, -0.2) is 11.1 Å². The van der Waals surface area contributed by atoms with Crippen LogP contribution in [0, 0.1) is 17.7 Å². The third-order valence-corrected chi connectivity index (χ3v) is 2.05. The van der Waals surface area contributed by atoms with E-state index in [0.717, 1.165) is 0 Å². The molecule has 0 spiro atoms. The van der Waals surface area contributed by atoms with Crippen molar-refractivity contribution in [2.24, 2.45) is 0 Å². The van der Waals surface area contributed by atoms with E-state index >= 15 is 0 Å².